The summed E-state index contributed by atoms with van der Waals surface area (Å²) in [6.45, 7) is 9.36. The third-order valence-electron chi connectivity index (χ3n) is 7.28. The number of nitrogens with one attached hydrogen (secondary N) is 1. The molecule has 35 heavy (non-hydrogen) atoms. The number of nitrogens with zero attached hydrogens (tertiary/aromatic N) is 4. The van der Waals surface area contributed by atoms with E-state index in [-0.39, 0.29) is 6.04 Å². The first-order chi connectivity index (χ1) is 16.8. The first kappa shape index (κ1) is 24.5. The molecule has 1 aliphatic carbocycles. The topological polar surface area (TPSA) is 81.5 Å². The molecule has 1 unspecified atom stereocenters. The van der Waals surface area contributed by atoms with Crippen LogP contribution in [0.15, 0.2) is 18.2 Å². The molecule has 5 rings (SSSR count). The summed E-state index contributed by atoms with van der Waals surface area (Å²) in [6.07, 6.45) is 5.36. The summed E-state index contributed by atoms with van der Waals surface area (Å²) in [7, 11) is 0. The van der Waals surface area contributed by atoms with Gasteiger partial charge in [0, 0.05) is 42.5 Å². The largest absolute Gasteiger partial charge is 0.444 e. The van der Waals surface area contributed by atoms with Crippen LogP contribution in [0.1, 0.15) is 69.6 Å². The van der Waals surface area contributed by atoms with Gasteiger partial charge in [-0.15, -0.1) is 10.2 Å². The van der Waals surface area contributed by atoms with Gasteiger partial charge in [0.25, 0.3) is 0 Å². The molecule has 1 aromatic carbocycles. The lowest BCUT2D eigenvalue weighted by Crippen LogP contribution is -2.44. The summed E-state index contributed by atoms with van der Waals surface area (Å²) >= 11 is 6.38. The molecule has 1 atom stereocenters. The Balaban J connectivity index is 1.37. The molecule has 2 aliphatic heterocycles. The number of hydrogen-bond acceptors (Lipinski definition) is 6. The van der Waals surface area contributed by atoms with E-state index in [2.05, 4.69) is 25.9 Å². The Labute approximate surface area is 212 Å². The number of aromatic nitrogens is 3. The first-order valence-electron chi connectivity index (χ1n) is 12.8. The SMILES string of the molecule is CC(C)(C)OC(=O)NC1Cc2cc(Cl)ccc2-n2c(nnc2C2CCC(N3CCOCC3)CC2)C1. The monoisotopic (exact) mass is 501 g/mol. The lowest BCUT2D eigenvalue weighted by atomic mass is 9.84. The zero-order valence-electron chi connectivity index (χ0n) is 20.9. The minimum absolute atomic E-state index is 0.155. The molecule has 1 saturated carbocycles. The van der Waals surface area contributed by atoms with Gasteiger partial charge in [-0.1, -0.05) is 11.6 Å². The van der Waals surface area contributed by atoms with E-state index in [0.29, 0.717) is 29.8 Å². The molecule has 0 radical (unpaired) electrons. The Morgan fingerprint density at radius 2 is 1.86 bits per heavy atom. The van der Waals surface area contributed by atoms with Crippen LogP contribution in [-0.2, 0) is 22.3 Å². The van der Waals surface area contributed by atoms with Crippen molar-refractivity contribution in [2.24, 2.45) is 0 Å². The van der Waals surface area contributed by atoms with Gasteiger partial charge in [-0.3, -0.25) is 9.47 Å². The molecule has 1 aromatic heterocycles. The van der Waals surface area contributed by atoms with Crippen molar-refractivity contribution in [2.45, 2.75) is 82.9 Å². The highest BCUT2D eigenvalue weighted by molar-refractivity contribution is 6.30. The number of fused-ring (bicyclic) bond motifs is 3. The second-order valence-electron chi connectivity index (χ2n) is 11.0. The van der Waals surface area contributed by atoms with E-state index < -0.39 is 11.7 Å². The van der Waals surface area contributed by atoms with Gasteiger partial charge in [-0.2, -0.15) is 0 Å². The normalized spacial score (nSPS) is 25.3. The van der Waals surface area contributed by atoms with Gasteiger partial charge in [-0.25, -0.2) is 4.79 Å². The number of morpholine rings is 1. The zero-order chi connectivity index (χ0) is 24.6. The molecule has 2 aromatic rings. The Kier molecular flexibility index (Phi) is 7.06. The summed E-state index contributed by atoms with van der Waals surface area (Å²) < 4.78 is 13.3. The average molecular weight is 502 g/mol. The molecule has 1 N–H and O–H groups in total. The Morgan fingerprint density at radius 1 is 1.11 bits per heavy atom. The lowest BCUT2D eigenvalue weighted by Gasteiger charge is -2.38. The van der Waals surface area contributed by atoms with Crippen LogP contribution in [0.4, 0.5) is 4.79 Å². The number of ether oxygens (including phenoxy) is 2. The van der Waals surface area contributed by atoms with Gasteiger partial charge in [0.05, 0.1) is 18.9 Å². The number of carbonyl (C=O) groups is 1. The minimum Gasteiger partial charge on any atom is -0.444 e. The maximum absolute atomic E-state index is 12.5. The standard InChI is InChI=1S/C26H36ClN5O3/c1-26(2,3)35-25(33)28-20-15-18-14-19(27)6-9-22(18)32-23(16-20)29-30-24(32)17-4-7-21(8-5-17)31-10-12-34-13-11-31/h6,9,14,17,20-21H,4-5,7-8,10-13,15-16H2,1-3H3,(H,28,33). The lowest BCUT2D eigenvalue weighted by molar-refractivity contribution is 0.00707. The summed E-state index contributed by atoms with van der Waals surface area (Å²) in [5.41, 5.74) is 1.59. The highest BCUT2D eigenvalue weighted by Crippen LogP contribution is 2.37. The summed E-state index contributed by atoms with van der Waals surface area (Å²) in [6, 6.07) is 6.45. The number of benzene rings is 1. The molecule has 1 saturated heterocycles. The van der Waals surface area contributed by atoms with E-state index in [1.54, 1.807) is 0 Å². The first-order valence-corrected chi connectivity index (χ1v) is 13.2. The zero-order valence-corrected chi connectivity index (χ0v) is 21.7. The third-order valence-corrected chi connectivity index (χ3v) is 7.51. The highest BCUT2D eigenvalue weighted by atomic mass is 35.5. The predicted molar refractivity (Wildman–Crippen MR) is 134 cm³/mol. The van der Waals surface area contributed by atoms with Crippen molar-refractivity contribution in [2.75, 3.05) is 26.3 Å². The Hall–Kier alpha value is -2.16. The van der Waals surface area contributed by atoms with Gasteiger partial charge in [0.1, 0.15) is 17.2 Å². The van der Waals surface area contributed by atoms with Crippen molar-refractivity contribution in [1.82, 2.24) is 25.0 Å². The molecular weight excluding hydrogens is 466 g/mol. The quantitative estimate of drug-likeness (QED) is 0.676. The number of amides is 1. The second kappa shape index (κ2) is 10.1. The van der Waals surface area contributed by atoms with Crippen molar-refractivity contribution in [3.63, 3.8) is 0 Å². The van der Waals surface area contributed by atoms with Crippen molar-refractivity contribution in [3.8, 4) is 5.69 Å². The van der Waals surface area contributed by atoms with E-state index in [1.165, 1.54) is 12.8 Å². The molecule has 1 amide bonds. The number of hydrogen-bond donors (Lipinski definition) is 1. The van der Waals surface area contributed by atoms with Crippen LogP contribution < -0.4 is 5.32 Å². The fourth-order valence-electron chi connectivity index (χ4n) is 5.70. The van der Waals surface area contributed by atoms with E-state index in [9.17, 15) is 4.79 Å². The summed E-state index contributed by atoms with van der Waals surface area (Å²) in [5.74, 6) is 2.27. The predicted octanol–water partition coefficient (Wildman–Crippen LogP) is 4.27. The Bertz CT molecular complexity index is 1050. The molecule has 3 heterocycles. The van der Waals surface area contributed by atoms with E-state index in [0.717, 1.165) is 62.0 Å². The van der Waals surface area contributed by atoms with Crippen LogP contribution in [0.25, 0.3) is 5.69 Å². The average Bonchev–Trinajstić information content (AvgIpc) is 3.15. The van der Waals surface area contributed by atoms with E-state index in [4.69, 9.17) is 26.2 Å². The van der Waals surface area contributed by atoms with Crippen molar-refractivity contribution in [1.29, 1.82) is 0 Å². The van der Waals surface area contributed by atoms with E-state index >= 15 is 0 Å². The maximum Gasteiger partial charge on any atom is 0.407 e. The molecular formula is C26H36ClN5O3. The number of carbonyl (C=O) groups excluding carboxylic acids is 1. The fraction of sp³-hybridized carbons (Fsp3) is 0.654. The van der Waals surface area contributed by atoms with Gasteiger partial charge in [0.2, 0.25) is 0 Å². The molecule has 2 fully saturated rings. The van der Waals surface area contributed by atoms with Crippen molar-refractivity contribution >= 4 is 17.7 Å². The summed E-state index contributed by atoms with van der Waals surface area (Å²) in [4.78, 5) is 15.1. The molecule has 0 bridgehead atoms. The molecule has 3 aliphatic rings. The summed E-state index contributed by atoms with van der Waals surface area (Å²) in [5, 5.41) is 13.0. The molecule has 8 nitrogen and oxygen atoms in total. The highest BCUT2D eigenvalue weighted by Gasteiger charge is 2.33. The van der Waals surface area contributed by atoms with Crippen LogP contribution >= 0.6 is 11.6 Å². The van der Waals surface area contributed by atoms with Crippen molar-refractivity contribution in [3.05, 3.63) is 40.4 Å². The van der Waals surface area contributed by atoms with E-state index in [1.807, 2.05) is 32.9 Å². The minimum atomic E-state index is -0.552. The van der Waals surface area contributed by atoms with Crippen molar-refractivity contribution < 1.29 is 14.3 Å². The number of rotatable bonds is 3. The molecule has 190 valence electrons. The number of halogens is 1. The van der Waals surface area contributed by atoms with Crippen LogP contribution in [0, 0.1) is 0 Å². The maximum atomic E-state index is 12.5. The molecule has 0 spiro atoms. The Morgan fingerprint density at radius 3 is 2.57 bits per heavy atom. The third kappa shape index (κ3) is 5.65. The van der Waals surface area contributed by atoms with Crippen LogP contribution in [0.5, 0.6) is 0 Å². The van der Waals surface area contributed by atoms with Gasteiger partial charge in [-0.05, 0) is 76.6 Å². The van der Waals surface area contributed by atoms with Gasteiger partial charge < -0.3 is 14.8 Å². The smallest absolute Gasteiger partial charge is 0.407 e. The van der Waals surface area contributed by atoms with Crippen LogP contribution in [-0.4, -0.2) is 69.7 Å². The second-order valence-corrected chi connectivity index (χ2v) is 11.4. The number of alkyl carbamates (subject to hydrolysis) is 1. The van der Waals surface area contributed by atoms with Gasteiger partial charge in [0.15, 0.2) is 0 Å². The van der Waals surface area contributed by atoms with Crippen LogP contribution in [0.3, 0.4) is 0 Å². The fourth-order valence-corrected chi connectivity index (χ4v) is 5.90. The molecule has 9 heteroatoms. The van der Waals surface area contributed by atoms with Crippen LogP contribution in [0.2, 0.25) is 5.02 Å². The van der Waals surface area contributed by atoms with Gasteiger partial charge >= 0.3 is 6.09 Å².